The average Bonchev–Trinajstić information content (AvgIpc) is 2.43. The molecular formula is C16H25NO5. The summed E-state index contributed by atoms with van der Waals surface area (Å²) >= 11 is 0. The maximum absolute atomic E-state index is 12.1. The Morgan fingerprint density at radius 3 is 2.68 bits per heavy atom. The Bertz CT molecular complexity index is 450. The third-order valence-corrected chi connectivity index (χ3v) is 3.01. The third kappa shape index (κ3) is 5.52. The molecule has 0 fully saturated rings. The molecule has 0 spiro atoms. The van der Waals surface area contributed by atoms with Crippen LogP contribution in [0.3, 0.4) is 0 Å². The second kappa shape index (κ2) is 7.98. The van der Waals surface area contributed by atoms with Crippen molar-refractivity contribution in [2.24, 2.45) is 0 Å². The molecule has 0 bridgehead atoms. The molecule has 0 aromatic heterocycles. The summed E-state index contributed by atoms with van der Waals surface area (Å²) in [4.78, 5) is 25.7. The van der Waals surface area contributed by atoms with Gasteiger partial charge in [-0.1, -0.05) is 18.7 Å². The summed E-state index contributed by atoms with van der Waals surface area (Å²) in [7, 11) is 1.55. The molecular weight excluding hydrogens is 286 g/mol. The lowest BCUT2D eigenvalue weighted by Crippen LogP contribution is -2.46. The average molecular weight is 311 g/mol. The van der Waals surface area contributed by atoms with E-state index in [0.29, 0.717) is 25.1 Å². The van der Waals surface area contributed by atoms with Gasteiger partial charge in [-0.2, -0.15) is 0 Å². The van der Waals surface area contributed by atoms with Gasteiger partial charge in [0.05, 0.1) is 12.6 Å². The van der Waals surface area contributed by atoms with Crippen LogP contribution in [0.5, 0.6) is 0 Å². The molecule has 0 radical (unpaired) electrons. The molecule has 22 heavy (non-hydrogen) atoms. The zero-order chi connectivity index (χ0) is 16.8. The Morgan fingerprint density at radius 2 is 2.14 bits per heavy atom. The molecule has 0 N–H and O–H groups in total. The van der Waals surface area contributed by atoms with E-state index >= 15 is 0 Å². The fourth-order valence-electron chi connectivity index (χ4n) is 2.09. The van der Waals surface area contributed by atoms with E-state index in [1.54, 1.807) is 18.1 Å². The number of hydrogen-bond donors (Lipinski definition) is 0. The van der Waals surface area contributed by atoms with Crippen LogP contribution in [0.15, 0.2) is 24.3 Å². The van der Waals surface area contributed by atoms with E-state index in [1.807, 2.05) is 20.8 Å². The van der Waals surface area contributed by atoms with Crippen molar-refractivity contribution in [3.63, 3.8) is 0 Å². The van der Waals surface area contributed by atoms with Gasteiger partial charge in [0.15, 0.2) is 0 Å². The highest BCUT2D eigenvalue weighted by atomic mass is 16.6. The maximum atomic E-state index is 12.1. The zero-order valence-electron chi connectivity index (χ0n) is 13.8. The van der Waals surface area contributed by atoms with Crippen molar-refractivity contribution in [1.82, 2.24) is 4.90 Å². The fourth-order valence-corrected chi connectivity index (χ4v) is 2.09. The van der Waals surface area contributed by atoms with Crippen LogP contribution < -0.4 is 0 Å². The predicted octanol–water partition coefficient (Wildman–Crippen LogP) is 2.30. The first kappa shape index (κ1) is 18.2. The Hall–Kier alpha value is -1.82. The minimum Gasteiger partial charge on any atom is -0.457 e. The van der Waals surface area contributed by atoms with E-state index in [-0.39, 0.29) is 18.6 Å². The summed E-state index contributed by atoms with van der Waals surface area (Å²) in [6.07, 6.45) is 3.15. The molecule has 0 saturated heterocycles. The largest absolute Gasteiger partial charge is 0.457 e. The van der Waals surface area contributed by atoms with Crippen molar-refractivity contribution >= 4 is 12.1 Å². The predicted molar refractivity (Wildman–Crippen MR) is 82.5 cm³/mol. The van der Waals surface area contributed by atoms with Gasteiger partial charge in [0.25, 0.3) is 0 Å². The van der Waals surface area contributed by atoms with E-state index in [2.05, 4.69) is 6.58 Å². The number of esters is 1. The molecule has 0 aliphatic carbocycles. The smallest absolute Gasteiger partial charge is 0.410 e. The van der Waals surface area contributed by atoms with Gasteiger partial charge in [-0.25, -0.2) is 9.59 Å². The Labute approximate surface area is 131 Å². The molecule has 1 rings (SSSR count). The first-order chi connectivity index (χ1) is 10.3. The number of hydrogen-bond acceptors (Lipinski definition) is 5. The van der Waals surface area contributed by atoms with Crippen LogP contribution >= 0.6 is 0 Å². The lowest BCUT2D eigenvalue weighted by Gasteiger charge is -2.34. The number of methoxy groups -OCH3 is 1. The van der Waals surface area contributed by atoms with Crippen molar-refractivity contribution in [3.05, 3.63) is 24.3 Å². The van der Waals surface area contributed by atoms with Crippen LogP contribution in [-0.4, -0.2) is 55.5 Å². The van der Waals surface area contributed by atoms with Gasteiger partial charge in [-0.3, -0.25) is 4.90 Å². The van der Waals surface area contributed by atoms with Gasteiger partial charge in [0, 0.05) is 25.6 Å². The topological polar surface area (TPSA) is 65.1 Å². The molecule has 0 saturated carbocycles. The summed E-state index contributed by atoms with van der Waals surface area (Å²) in [5.74, 6) is -0.354. The van der Waals surface area contributed by atoms with Gasteiger partial charge in [-0.15, -0.1) is 0 Å². The van der Waals surface area contributed by atoms with Gasteiger partial charge in [0.1, 0.15) is 12.2 Å². The monoisotopic (exact) mass is 311 g/mol. The molecule has 1 aliphatic heterocycles. The first-order valence-corrected chi connectivity index (χ1v) is 7.24. The number of carbonyl (C=O) groups excluding carboxylic acids is 2. The standard InChI is InChI=1S/C16H25NO5/c1-6-9-21-15(19)17-8-7-12(10-13(17)11-20-5)14(18)22-16(2,3)4/h6-7,13H,1,8-11H2,2-5H3/t13-/m0/s1. The van der Waals surface area contributed by atoms with Crippen LogP contribution in [0.2, 0.25) is 0 Å². The third-order valence-electron chi connectivity index (χ3n) is 3.01. The highest BCUT2D eigenvalue weighted by molar-refractivity contribution is 5.89. The van der Waals surface area contributed by atoms with E-state index in [9.17, 15) is 9.59 Å². The van der Waals surface area contributed by atoms with Gasteiger partial charge >= 0.3 is 12.1 Å². The molecule has 1 atom stereocenters. The van der Waals surface area contributed by atoms with E-state index in [4.69, 9.17) is 14.2 Å². The molecule has 6 nitrogen and oxygen atoms in total. The van der Waals surface area contributed by atoms with Crippen LogP contribution in [0.4, 0.5) is 4.79 Å². The molecule has 0 aromatic carbocycles. The molecule has 1 aliphatic rings. The van der Waals surface area contributed by atoms with Crippen LogP contribution in [0.1, 0.15) is 27.2 Å². The van der Waals surface area contributed by atoms with Gasteiger partial charge in [0.2, 0.25) is 0 Å². The fraction of sp³-hybridized carbons (Fsp3) is 0.625. The molecule has 1 heterocycles. The van der Waals surface area contributed by atoms with E-state index in [1.165, 1.54) is 6.08 Å². The molecule has 0 aromatic rings. The van der Waals surface area contributed by atoms with Crippen molar-refractivity contribution in [3.8, 4) is 0 Å². The maximum Gasteiger partial charge on any atom is 0.410 e. The Balaban J connectivity index is 2.79. The Morgan fingerprint density at radius 1 is 1.45 bits per heavy atom. The van der Waals surface area contributed by atoms with E-state index in [0.717, 1.165) is 0 Å². The summed E-state index contributed by atoms with van der Waals surface area (Å²) in [6.45, 7) is 9.73. The van der Waals surface area contributed by atoms with Crippen LogP contribution in [0, 0.1) is 0 Å². The van der Waals surface area contributed by atoms with Gasteiger partial charge < -0.3 is 14.2 Å². The van der Waals surface area contributed by atoms with Crippen molar-refractivity contribution in [1.29, 1.82) is 0 Å². The van der Waals surface area contributed by atoms with Crippen LogP contribution in [-0.2, 0) is 19.0 Å². The lowest BCUT2D eigenvalue weighted by molar-refractivity contribution is -0.150. The summed E-state index contributed by atoms with van der Waals surface area (Å²) < 4.78 is 15.6. The molecule has 0 unspecified atom stereocenters. The minimum atomic E-state index is -0.547. The SMILES string of the molecule is C=CCOC(=O)N1CC=C(C(=O)OC(C)(C)C)C[C@H]1COC. The highest BCUT2D eigenvalue weighted by Gasteiger charge is 2.32. The normalized spacial score (nSPS) is 18.5. The number of carbonyl (C=O) groups is 2. The van der Waals surface area contributed by atoms with Crippen LogP contribution in [0.25, 0.3) is 0 Å². The minimum absolute atomic E-state index is 0.150. The quantitative estimate of drug-likeness (QED) is 0.576. The second-order valence-corrected chi connectivity index (χ2v) is 6.06. The van der Waals surface area contributed by atoms with Crippen molar-refractivity contribution in [2.75, 3.05) is 26.9 Å². The highest BCUT2D eigenvalue weighted by Crippen LogP contribution is 2.22. The van der Waals surface area contributed by atoms with Crippen molar-refractivity contribution < 1.29 is 23.8 Å². The second-order valence-electron chi connectivity index (χ2n) is 6.06. The number of ether oxygens (including phenoxy) is 3. The molecule has 124 valence electrons. The lowest BCUT2D eigenvalue weighted by atomic mass is 10.0. The number of amides is 1. The molecule has 6 heteroatoms. The Kier molecular flexibility index (Phi) is 6.61. The summed E-state index contributed by atoms with van der Waals surface area (Å²) in [6, 6.07) is -0.255. The first-order valence-electron chi connectivity index (χ1n) is 7.24. The number of nitrogens with zero attached hydrogens (tertiary/aromatic N) is 1. The van der Waals surface area contributed by atoms with Crippen molar-refractivity contribution in [2.45, 2.75) is 38.8 Å². The van der Waals surface area contributed by atoms with Gasteiger partial charge in [-0.05, 0) is 20.8 Å². The number of rotatable bonds is 5. The zero-order valence-corrected chi connectivity index (χ0v) is 13.8. The summed E-state index contributed by atoms with van der Waals surface area (Å²) in [5.41, 5.74) is 0.0130. The summed E-state index contributed by atoms with van der Waals surface area (Å²) in [5, 5.41) is 0. The molecule has 1 amide bonds. The van der Waals surface area contributed by atoms with E-state index < -0.39 is 11.7 Å².